The first-order valence-corrected chi connectivity index (χ1v) is 31.4. The Kier molecular flexibility index (Phi) is 33.1. The lowest BCUT2D eigenvalue weighted by molar-refractivity contribution is -0.391. The lowest BCUT2D eigenvalue weighted by atomic mass is 9.90. The van der Waals surface area contributed by atoms with Gasteiger partial charge in [-0.3, -0.25) is 14.4 Å². The number of rotatable bonds is 33. The van der Waals surface area contributed by atoms with Gasteiger partial charge in [0.25, 0.3) is 0 Å². The third-order valence-corrected chi connectivity index (χ3v) is 16.4. The van der Waals surface area contributed by atoms with Gasteiger partial charge in [0.15, 0.2) is 37.4 Å². The molecule has 4 saturated heterocycles. The molecule has 0 saturated carbocycles. The van der Waals surface area contributed by atoms with Gasteiger partial charge in [-0.1, -0.05) is 58.2 Å². The number of benzene rings is 3. The molecular weight excluding hydrogens is 1360 g/mol. The number of carbonyl (C=O) groups excluding carboxylic acids is 6. The van der Waals surface area contributed by atoms with E-state index in [-0.39, 0.29) is 50.3 Å². The van der Waals surface area contributed by atoms with E-state index in [1.54, 1.807) is 6.92 Å². The van der Waals surface area contributed by atoms with Crippen LogP contribution in [0.3, 0.4) is 0 Å². The van der Waals surface area contributed by atoms with E-state index in [0.29, 0.717) is 0 Å². The summed E-state index contributed by atoms with van der Waals surface area (Å²) in [6.07, 6.45) is -33.0. The number of aromatic carboxylic acids is 3. The molecule has 0 spiro atoms. The van der Waals surface area contributed by atoms with Crippen molar-refractivity contribution in [1.29, 1.82) is 0 Å². The quantitative estimate of drug-likeness (QED) is 0.0431. The van der Waals surface area contributed by atoms with Gasteiger partial charge in [-0.2, -0.15) is 0 Å². The van der Waals surface area contributed by atoms with Gasteiger partial charge in [-0.15, -0.1) is 0 Å². The largest absolute Gasteiger partial charge is 0.478 e. The molecule has 0 bridgehead atoms. The zero-order valence-electron chi connectivity index (χ0n) is 56.4. The van der Waals surface area contributed by atoms with E-state index in [1.807, 2.05) is 0 Å². The van der Waals surface area contributed by atoms with Crippen LogP contribution in [0.2, 0.25) is 0 Å². The van der Waals surface area contributed by atoms with Crippen molar-refractivity contribution in [3.05, 3.63) is 106 Å². The molecule has 3 aromatic carbocycles. The molecule has 0 aromatic heterocycles. The second-order valence-corrected chi connectivity index (χ2v) is 23.5. The summed E-state index contributed by atoms with van der Waals surface area (Å²) in [5, 5.41) is 53.9. The van der Waals surface area contributed by atoms with Crippen LogP contribution in [0.5, 0.6) is 0 Å². The lowest BCUT2D eigenvalue weighted by Gasteiger charge is -2.51. The first-order valence-electron chi connectivity index (χ1n) is 31.4. The molecule has 7 rings (SSSR count). The molecule has 4 aliphatic heterocycles. The Bertz CT molecular complexity index is 3270. The molecule has 34 nitrogen and oxygen atoms in total. The molecule has 5 N–H and O–H groups in total. The fourth-order valence-corrected chi connectivity index (χ4v) is 11.8. The van der Waals surface area contributed by atoms with Crippen molar-refractivity contribution in [2.75, 3.05) is 75.2 Å². The fourth-order valence-electron chi connectivity index (χ4n) is 11.8. The number of carboxylic acid groups (broad SMARTS) is 3. The molecule has 4 heterocycles. The van der Waals surface area contributed by atoms with Crippen molar-refractivity contribution in [2.45, 2.75) is 185 Å². The topological polar surface area (TPSA) is 439 Å². The second-order valence-electron chi connectivity index (χ2n) is 23.5. The zero-order valence-corrected chi connectivity index (χ0v) is 56.4. The highest BCUT2D eigenvalue weighted by Gasteiger charge is 2.59. The minimum atomic E-state index is -2.04. The summed E-state index contributed by atoms with van der Waals surface area (Å²) in [4.78, 5) is 117. The summed E-state index contributed by atoms with van der Waals surface area (Å²) in [7, 11) is 6.19. The number of methoxy groups -OCH3 is 5. The van der Waals surface area contributed by atoms with Crippen molar-refractivity contribution >= 4 is 53.7 Å². The lowest BCUT2D eigenvalue weighted by Crippen LogP contribution is -2.69. The van der Waals surface area contributed by atoms with Gasteiger partial charge in [-0.05, 0) is 50.2 Å². The molecule has 34 heteroatoms. The van der Waals surface area contributed by atoms with E-state index in [0.717, 1.165) is 32.9 Å². The Labute approximate surface area is 587 Å². The number of aliphatic hydroxyl groups is 2. The van der Waals surface area contributed by atoms with Gasteiger partial charge in [0.2, 0.25) is 0 Å². The van der Waals surface area contributed by atoms with Crippen LogP contribution < -0.4 is 0 Å². The molecule has 568 valence electrons. The average molecular weight is 1450 g/mol. The monoisotopic (exact) mass is 1450 g/mol. The SMILES string of the molecule is C.C.COCC1OC(OC2C(COC(C)=O)OC(OC3C(COC(=O)c4ccccc4C(=O)O)OC(OC)C(OC)C3O)C(OC)C2OCC(C)OC(C)=O)C(OC(C)=O)C(OC(=O)c2ccccc2C(=O)O)C1OC1OC(COCC(C)OC(=O)c2ccccc2C(=O)O)C(C)C(OC)C1O. The minimum absolute atomic E-state index is 0. The number of hydrogen-bond donors (Lipinski definition) is 5. The molecule has 0 radical (unpaired) electrons. The van der Waals surface area contributed by atoms with Crippen LogP contribution in [0.4, 0.5) is 0 Å². The molecule has 102 heavy (non-hydrogen) atoms. The molecule has 22 atom stereocenters. The standard InChI is InChI=1S/C66H84O34.2CH4/c1-30(91-61(79)40-22-16-13-19-37(40)58(74)75)24-86-27-42-32(3)48(82-8)47(71)63(93-42)99-51-43(26-81-7)95-66(56(92-35(6)69)54(51)97-62(80)41-23-17-14-20-38(41)59(76)77)100-50-45(28-87-33(4)67)96-65(55(84-10)53(50)88-25-31(2)90-34(5)68)98-49-44(94-64(85-11)52(83-9)46(49)70)29-89-60(78)39-21-15-12-18-36(39)57(72)73;;/h12-23,30-32,42-56,63-66,70-71H,24-29H2,1-11H3,(H,72,73)(H,74,75)(H,76,77);2*1H4. The van der Waals surface area contributed by atoms with Crippen molar-refractivity contribution in [3.63, 3.8) is 0 Å². The minimum Gasteiger partial charge on any atom is -0.478 e. The van der Waals surface area contributed by atoms with E-state index in [2.05, 4.69) is 0 Å². The normalized spacial score (nSPS) is 29.7. The maximum absolute atomic E-state index is 14.7. The molecule has 4 aliphatic rings. The maximum atomic E-state index is 14.7. The Morgan fingerprint density at radius 3 is 1.37 bits per heavy atom. The maximum Gasteiger partial charge on any atom is 0.339 e. The summed E-state index contributed by atoms with van der Waals surface area (Å²) < 4.78 is 121. The number of esters is 6. The average Bonchev–Trinajstić information content (AvgIpc) is 0.762. The molecule has 0 amide bonds. The predicted octanol–water partition coefficient (Wildman–Crippen LogP) is 3.28. The molecule has 0 aliphatic carbocycles. The van der Waals surface area contributed by atoms with Crippen molar-refractivity contribution in [1.82, 2.24) is 0 Å². The Morgan fingerprint density at radius 2 is 0.863 bits per heavy atom. The Morgan fingerprint density at radius 1 is 0.412 bits per heavy atom. The smallest absolute Gasteiger partial charge is 0.339 e. The fraction of sp³-hybridized carbons (Fsp3) is 0.603. The highest BCUT2D eigenvalue weighted by atomic mass is 16.8. The number of carboxylic acids is 3. The van der Waals surface area contributed by atoms with Crippen LogP contribution >= 0.6 is 0 Å². The summed E-state index contributed by atoms with van der Waals surface area (Å²) in [5.41, 5.74) is -2.24. The van der Waals surface area contributed by atoms with E-state index in [9.17, 15) is 68.7 Å². The first kappa shape index (κ1) is 84.9. The third kappa shape index (κ3) is 21.4. The highest BCUT2D eigenvalue weighted by molar-refractivity contribution is 6.04. The van der Waals surface area contributed by atoms with Crippen LogP contribution in [-0.2, 0) is 109 Å². The van der Waals surface area contributed by atoms with Crippen molar-refractivity contribution < 1.29 is 163 Å². The van der Waals surface area contributed by atoms with Crippen LogP contribution in [0, 0.1) is 5.92 Å². The second kappa shape index (κ2) is 39.8. The van der Waals surface area contributed by atoms with Crippen molar-refractivity contribution in [2.24, 2.45) is 5.92 Å². The van der Waals surface area contributed by atoms with E-state index in [4.69, 9.17) is 94.7 Å². The molecule has 4 fully saturated rings. The third-order valence-electron chi connectivity index (χ3n) is 16.4. The number of hydrogen-bond acceptors (Lipinski definition) is 31. The predicted molar refractivity (Wildman–Crippen MR) is 344 cm³/mol. The first-order chi connectivity index (χ1) is 47.7. The van der Waals surface area contributed by atoms with Crippen LogP contribution in [0.25, 0.3) is 0 Å². The van der Waals surface area contributed by atoms with E-state index in [1.165, 1.54) is 110 Å². The molecule has 22 unspecified atom stereocenters. The Balaban J connectivity index is 0.00000936. The van der Waals surface area contributed by atoms with Gasteiger partial charge < -0.3 is 120 Å². The summed E-state index contributed by atoms with van der Waals surface area (Å²) in [6.45, 7) is 4.81. The van der Waals surface area contributed by atoms with Gasteiger partial charge >= 0.3 is 53.7 Å². The number of ether oxygens (including phenoxy) is 20. The van der Waals surface area contributed by atoms with Crippen LogP contribution in [-0.4, -0.2) is 283 Å². The van der Waals surface area contributed by atoms with Gasteiger partial charge in [0.05, 0.1) is 72.0 Å². The zero-order chi connectivity index (χ0) is 73.2. The number of carbonyl (C=O) groups is 9. The van der Waals surface area contributed by atoms with E-state index < -0.39 is 226 Å². The van der Waals surface area contributed by atoms with Gasteiger partial charge in [-0.25, -0.2) is 28.8 Å². The summed E-state index contributed by atoms with van der Waals surface area (Å²) in [5.74, 6) is -11.1. The molecule has 3 aromatic rings. The van der Waals surface area contributed by atoms with Crippen LogP contribution in [0.15, 0.2) is 72.8 Å². The summed E-state index contributed by atoms with van der Waals surface area (Å²) >= 11 is 0. The molecular formula is C68H92O34. The van der Waals surface area contributed by atoms with Gasteiger partial charge in [0, 0.05) is 62.2 Å². The van der Waals surface area contributed by atoms with E-state index >= 15 is 0 Å². The Hall–Kier alpha value is -7.75. The summed E-state index contributed by atoms with van der Waals surface area (Å²) in [6, 6.07) is 15.6. The van der Waals surface area contributed by atoms with Crippen LogP contribution in [0.1, 0.15) is 119 Å². The van der Waals surface area contributed by atoms with Gasteiger partial charge in [0.1, 0.15) is 92.6 Å². The number of aliphatic hydroxyl groups excluding tert-OH is 2. The van der Waals surface area contributed by atoms with Crippen molar-refractivity contribution in [3.8, 4) is 0 Å². The highest BCUT2D eigenvalue weighted by Crippen LogP contribution is 2.40.